The predicted molar refractivity (Wildman–Crippen MR) is 101 cm³/mol. The Morgan fingerprint density at radius 1 is 1.27 bits per heavy atom. The zero-order valence-corrected chi connectivity index (χ0v) is 15.6. The van der Waals surface area contributed by atoms with E-state index in [0.717, 1.165) is 11.1 Å². The van der Waals surface area contributed by atoms with Gasteiger partial charge in [-0.1, -0.05) is 43.3 Å². The van der Waals surface area contributed by atoms with Crippen molar-refractivity contribution in [2.45, 2.75) is 38.3 Å². The normalized spacial score (nSPS) is 22.3. The van der Waals surface area contributed by atoms with Crippen LogP contribution in [-0.2, 0) is 14.3 Å². The zero-order valence-electron chi connectivity index (χ0n) is 15.6. The van der Waals surface area contributed by atoms with Gasteiger partial charge in [0.25, 0.3) is 0 Å². The van der Waals surface area contributed by atoms with Crippen LogP contribution in [0.5, 0.6) is 0 Å². The Bertz CT molecular complexity index is 642. The van der Waals surface area contributed by atoms with Crippen LogP contribution >= 0.6 is 0 Å². The zero-order chi connectivity index (χ0) is 19.1. The monoisotopic (exact) mass is 360 g/mol. The highest BCUT2D eigenvalue weighted by atomic mass is 16.5. The maximum absolute atomic E-state index is 12.4. The number of nitrogens with zero attached hydrogens (tertiary/aromatic N) is 1. The third-order valence-electron chi connectivity index (χ3n) is 4.80. The number of methoxy groups -OCH3 is 1. The lowest BCUT2D eigenvalue weighted by Gasteiger charge is -2.55. The number of hydrogen-bond donors (Lipinski definition) is 2. The van der Waals surface area contributed by atoms with E-state index in [9.17, 15) is 14.7 Å². The number of ether oxygens (including phenoxy) is 1. The average Bonchev–Trinajstić information content (AvgIpc) is 2.62. The second kappa shape index (κ2) is 9.50. The van der Waals surface area contributed by atoms with Crippen LogP contribution < -0.4 is 5.32 Å². The third-order valence-corrected chi connectivity index (χ3v) is 4.80. The fourth-order valence-corrected chi connectivity index (χ4v) is 3.55. The fourth-order valence-electron chi connectivity index (χ4n) is 3.55. The molecule has 0 unspecified atom stereocenters. The summed E-state index contributed by atoms with van der Waals surface area (Å²) in [4.78, 5) is 25.7. The molecule has 6 nitrogen and oxygen atoms in total. The van der Waals surface area contributed by atoms with Gasteiger partial charge in [0.2, 0.25) is 11.8 Å². The molecular weight excluding hydrogens is 332 g/mol. The van der Waals surface area contributed by atoms with E-state index in [-0.39, 0.29) is 43.0 Å². The van der Waals surface area contributed by atoms with E-state index in [1.165, 1.54) is 7.11 Å². The summed E-state index contributed by atoms with van der Waals surface area (Å²) in [6, 6.07) is 7.58. The average molecular weight is 360 g/mol. The number of likely N-dealkylation sites (tertiary alicyclic amines) is 1. The molecule has 6 heteroatoms. The number of carbonyl (C=O) groups excluding carboxylic acids is 2. The molecular formula is C20H28N2O4. The van der Waals surface area contributed by atoms with Gasteiger partial charge in [-0.3, -0.25) is 9.59 Å². The molecule has 0 aromatic heterocycles. The highest BCUT2D eigenvalue weighted by Gasteiger charge is 2.50. The van der Waals surface area contributed by atoms with Crippen LogP contribution in [0, 0.1) is 0 Å². The van der Waals surface area contributed by atoms with Gasteiger partial charge >= 0.3 is 0 Å². The van der Waals surface area contributed by atoms with Gasteiger partial charge < -0.3 is 20.1 Å². The smallest absolute Gasteiger partial charge is 0.249 e. The van der Waals surface area contributed by atoms with E-state index < -0.39 is 0 Å². The van der Waals surface area contributed by atoms with Gasteiger partial charge in [0, 0.05) is 26.0 Å². The summed E-state index contributed by atoms with van der Waals surface area (Å²) in [5.41, 5.74) is 2.15. The number of aliphatic hydroxyl groups excluding tert-OH is 1. The van der Waals surface area contributed by atoms with Gasteiger partial charge in [-0.15, -0.1) is 0 Å². The van der Waals surface area contributed by atoms with Gasteiger partial charge in [0.1, 0.15) is 6.61 Å². The lowest BCUT2D eigenvalue weighted by Crippen LogP contribution is -2.69. The van der Waals surface area contributed by atoms with Crippen LogP contribution in [-0.4, -0.2) is 60.8 Å². The number of hydrogen-bond acceptors (Lipinski definition) is 4. The lowest BCUT2D eigenvalue weighted by molar-refractivity contribution is -0.155. The molecule has 1 aliphatic rings. The first-order chi connectivity index (χ1) is 12.6. The molecule has 142 valence electrons. The molecule has 1 fully saturated rings. The Labute approximate surface area is 154 Å². The van der Waals surface area contributed by atoms with Crippen molar-refractivity contribution in [2.24, 2.45) is 0 Å². The molecule has 1 saturated heterocycles. The van der Waals surface area contributed by atoms with E-state index in [0.29, 0.717) is 13.0 Å². The van der Waals surface area contributed by atoms with Crippen molar-refractivity contribution in [3.8, 4) is 0 Å². The highest BCUT2D eigenvalue weighted by molar-refractivity contribution is 5.80. The van der Waals surface area contributed by atoms with Gasteiger partial charge in [-0.05, 0) is 18.1 Å². The van der Waals surface area contributed by atoms with Crippen LogP contribution in [0.3, 0.4) is 0 Å². The van der Waals surface area contributed by atoms with Gasteiger partial charge in [0.05, 0.1) is 18.7 Å². The summed E-state index contributed by atoms with van der Waals surface area (Å²) in [6.07, 6.45) is 4.38. The van der Waals surface area contributed by atoms with E-state index >= 15 is 0 Å². The van der Waals surface area contributed by atoms with E-state index in [4.69, 9.17) is 4.74 Å². The minimum Gasteiger partial charge on any atom is -0.394 e. The number of aliphatic hydroxyl groups is 1. The largest absolute Gasteiger partial charge is 0.394 e. The molecule has 0 saturated carbocycles. The van der Waals surface area contributed by atoms with Crippen molar-refractivity contribution < 1.29 is 19.4 Å². The number of allylic oxidation sites excluding steroid dienone is 1. The maximum Gasteiger partial charge on any atom is 0.249 e. The van der Waals surface area contributed by atoms with E-state index in [1.807, 2.05) is 43.3 Å². The maximum atomic E-state index is 12.4. The molecule has 1 aliphatic heterocycles. The minimum absolute atomic E-state index is 0.0300. The van der Waals surface area contributed by atoms with Crippen molar-refractivity contribution in [1.29, 1.82) is 0 Å². The summed E-state index contributed by atoms with van der Waals surface area (Å²) in [7, 11) is 1.47. The molecule has 2 N–H and O–H groups in total. The van der Waals surface area contributed by atoms with E-state index in [2.05, 4.69) is 5.32 Å². The van der Waals surface area contributed by atoms with Crippen LogP contribution in [0.2, 0.25) is 0 Å². The van der Waals surface area contributed by atoms with Crippen molar-refractivity contribution in [3.05, 3.63) is 41.5 Å². The fraction of sp³-hybridized carbons (Fsp3) is 0.500. The Hall–Kier alpha value is -2.18. The van der Waals surface area contributed by atoms with Gasteiger partial charge in [-0.25, -0.2) is 0 Å². The first kappa shape index (κ1) is 20.1. The van der Waals surface area contributed by atoms with Crippen molar-refractivity contribution in [1.82, 2.24) is 10.2 Å². The Kier molecular flexibility index (Phi) is 7.36. The van der Waals surface area contributed by atoms with E-state index in [1.54, 1.807) is 11.8 Å². The van der Waals surface area contributed by atoms with Gasteiger partial charge in [0.15, 0.2) is 0 Å². The van der Waals surface area contributed by atoms with Gasteiger partial charge in [-0.2, -0.15) is 0 Å². The topological polar surface area (TPSA) is 78.9 Å². The standard InChI is InChI=1S/C20H28N2O4/c1-4-6-14-7-9-15(10-8-14)20-16(11-21-18(24)5-2)22(17(20)12-23)19(25)13-26-3/h4,6-10,16-17,20,23H,5,11-13H2,1-3H3,(H,21,24)/b6-4+/t16-,17+,20+/m1/s1. The summed E-state index contributed by atoms with van der Waals surface area (Å²) < 4.78 is 4.96. The molecule has 2 rings (SSSR count). The molecule has 1 aromatic carbocycles. The van der Waals surface area contributed by atoms with Crippen LogP contribution in [0.1, 0.15) is 37.3 Å². The quantitative estimate of drug-likeness (QED) is 0.737. The number of rotatable bonds is 8. The summed E-state index contributed by atoms with van der Waals surface area (Å²) >= 11 is 0. The summed E-state index contributed by atoms with van der Waals surface area (Å²) in [6.45, 7) is 3.95. The highest BCUT2D eigenvalue weighted by Crippen LogP contribution is 2.40. The molecule has 0 spiro atoms. The van der Waals surface area contributed by atoms with Crippen molar-refractivity contribution in [2.75, 3.05) is 26.9 Å². The molecule has 0 radical (unpaired) electrons. The molecule has 3 atom stereocenters. The first-order valence-electron chi connectivity index (χ1n) is 8.97. The molecule has 0 bridgehead atoms. The lowest BCUT2D eigenvalue weighted by atomic mass is 9.74. The van der Waals surface area contributed by atoms with Crippen LogP contribution in [0.25, 0.3) is 6.08 Å². The molecule has 0 aliphatic carbocycles. The number of benzene rings is 1. The predicted octanol–water partition coefficient (Wildman–Crippen LogP) is 1.55. The SMILES string of the molecule is C/C=C/c1ccc([C@H]2[C@@H](CNC(=O)CC)N(C(=O)COC)[C@H]2CO)cc1. The first-order valence-corrected chi connectivity index (χ1v) is 8.97. The van der Waals surface area contributed by atoms with Crippen LogP contribution in [0.4, 0.5) is 0 Å². The molecule has 1 aromatic rings. The molecule has 26 heavy (non-hydrogen) atoms. The van der Waals surface area contributed by atoms with Crippen LogP contribution in [0.15, 0.2) is 30.3 Å². The van der Waals surface area contributed by atoms with Crippen molar-refractivity contribution >= 4 is 17.9 Å². The number of carbonyl (C=O) groups is 2. The molecule has 2 amide bonds. The third kappa shape index (κ3) is 4.31. The number of nitrogens with one attached hydrogen (secondary N) is 1. The number of amides is 2. The summed E-state index contributed by atoms with van der Waals surface area (Å²) in [5.74, 6) is -0.263. The Morgan fingerprint density at radius 3 is 2.50 bits per heavy atom. The Balaban J connectivity index is 2.24. The molecule has 1 heterocycles. The second-order valence-corrected chi connectivity index (χ2v) is 6.40. The van der Waals surface area contributed by atoms with Crippen molar-refractivity contribution in [3.63, 3.8) is 0 Å². The summed E-state index contributed by atoms with van der Waals surface area (Å²) in [5, 5.41) is 12.7. The minimum atomic E-state index is -0.311. The second-order valence-electron chi connectivity index (χ2n) is 6.40. The Morgan fingerprint density at radius 2 is 1.96 bits per heavy atom.